The molecule has 0 radical (unpaired) electrons. The van der Waals surface area contributed by atoms with Crippen molar-refractivity contribution in [2.24, 2.45) is 28.6 Å². The van der Waals surface area contributed by atoms with Crippen LogP contribution < -0.4 is 0 Å². The molecule has 4 aliphatic rings. The van der Waals surface area contributed by atoms with Gasteiger partial charge in [0.25, 0.3) is 0 Å². The van der Waals surface area contributed by atoms with E-state index in [1.165, 1.54) is 0 Å². The van der Waals surface area contributed by atoms with Crippen molar-refractivity contribution in [3.63, 3.8) is 0 Å². The fraction of sp³-hybridized carbons (Fsp3) is 0.842. The second kappa shape index (κ2) is 4.45. The summed E-state index contributed by atoms with van der Waals surface area (Å²) in [6.07, 6.45) is 9.74. The number of aliphatic hydroxyl groups is 2. The molecule has 3 fully saturated rings. The van der Waals surface area contributed by atoms with E-state index in [1.807, 2.05) is 6.08 Å². The SMILES string of the molecule is C[C@]12CC[C@H]3[C@@H](CC[C@@]4(O)CC(=O)C=C[C@]34C)[C@@H]1CC[C@@H]2O. The summed E-state index contributed by atoms with van der Waals surface area (Å²) in [7, 11) is 0. The molecule has 0 unspecified atom stereocenters. The first-order chi connectivity index (χ1) is 10.3. The van der Waals surface area contributed by atoms with Crippen molar-refractivity contribution < 1.29 is 15.0 Å². The van der Waals surface area contributed by atoms with E-state index >= 15 is 0 Å². The molecule has 0 amide bonds. The monoisotopic (exact) mass is 304 g/mol. The average molecular weight is 304 g/mol. The summed E-state index contributed by atoms with van der Waals surface area (Å²) in [6, 6.07) is 0. The van der Waals surface area contributed by atoms with Crippen LogP contribution in [0.25, 0.3) is 0 Å². The van der Waals surface area contributed by atoms with Crippen molar-refractivity contribution >= 4 is 5.78 Å². The van der Waals surface area contributed by atoms with E-state index < -0.39 is 5.60 Å². The minimum Gasteiger partial charge on any atom is -0.393 e. The predicted octanol–water partition coefficient (Wildman–Crippen LogP) is 2.85. The van der Waals surface area contributed by atoms with E-state index in [9.17, 15) is 15.0 Å². The van der Waals surface area contributed by atoms with Crippen LogP contribution in [0, 0.1) is 28.6 Å². The van der Waals surface area contributed by atoms with Gasteiger partial charge in [-0.15, -0.1) is 0 Å². The number of carbonyl (C=O) groups is 1. The fourth-order valence-corrected chi connectivity index (χ4v) is 6.60. The van der Waals surface area contributed by atoms with Crippen LogP contribution in [-0.2, 0) is 4.79 Å². The first-order valence-corrected chi connectivity index (χ1v) is 8.93. The normalized spacial score (nSPS) is 57.2. The van der Waals surface area contributed by atoms with Gasteiger partial charge in [-0.05, 0) is 67.8 Å². The van der Waals surface area contributed by atoms with Crippen LogP contribution in [0.15, 0.2) is 12.2 Å². The molecular formula is C19H28O3. The second-order valence-electron chi connectivity index (χ2n) is 8.84. The van der Waals surface area contributed by atoms with Crippen LogP contribution in [0.4, 0.5) is 0 Å². The van der Waals surface area contributed by atoms with Gasteiger partial charge in [0, 0.05) is 11.8 Å². The van der Waals surface area contributed by atoms with Crippen LogP contribution in [0.2, 0.25) is 0 Å². The molecule has 3 heteroatoms. The zero-order chi connectivity index (χ0) is 15.8. The van der Waals surface area contributed by atoms with Gasteiger partial charge in [-0.2, -0.15) is 0 Å². The van der Waals surface area contributed by atoms with E-state index in [1.54, 1.807) is 6.08 Å². The Kier molecular flexibility index (Phi) is 3.01. The zero-order valence-electron chi connectivity index (χ0n) is 13.7. The van der Waals surface area contributed by atoms with Crippen LogP contribution in [0.3, 0.4) is 0 Å². The van der Waals surface area contributed by atoms with Gasteiger partial charge in [0.2, 0.25) is 0 Å². The lowest BCUT2D eigenvalue weighted by atomic mass is 9.45. The molecule has 2 N–H and O–H groups in total. The van der Waals surface area contributed by atoms with Gasteiger partial charge in [0.05, 0.1) is 11.7 Å². The second-order valence-corrected chi connectivity index (χ2v) is 8.84. The molecule has 7 atom stereocenters. The molecule has 0 aromatic heterocycles. The van der Waals surface area contributed by atoms with Crippen molar-refractivity contribution in [1.29, 1.82) is 0 Å². The highest BCUT2D eigenvalue weighted by Crippen LogP contribution is 2.65. The molecule has 4 aliphatic carbocycles. The smallest absolute Gasteiger partial charge is 0.158 e. The summed E-state index contributed by atoms with van der Waals surface area (Å²) < 4.78 is 0. The van der Waals surface area contributed by atoms with Gasteiger partial charge in [0.15, 0.2) is 5.78 Å². The predicted molar refractivity (Wildman–Crippen MR) is 84.1 cm³/mol. The fourth-order valence-electron chi connectivity index (χ4n) is 6.60. The molecule has 0 spiro atoms. The number of hydrogen-bond donors (Lipinski definition) is 2. The van der Waals surface area contributed by atoms with Gasteiger partial charge in [-0.3, -0.25) is 4.79 Å². The minimum atomic E-state index is -0.856. The maximum Gasteiger partial charge on any atom is 0.158 e. The molecule has 0 saturated heterocycles. The highest BCUT2D eigenvalue weighted by atomic mass is 16.3. The van der Waals surface area contributed by atoms with Crippen molar-refractivity contribution in [2.75, 3.05) is 0 Å². The van der Waals surface area contributed by atoms with Gasteiger partial charge >= 0.3 is 0 Å². The van der Waals surface area contributed by atoms with Crippen LogP contribution in [0.1, 0.15) is 58.8 Å². The summed E-state index contributed by atoms with van der Waals surface area (Å²) >= 11 is 0. The Balaban J connectivity index is 1.72. The molecule has 22 heavy (non-hydrogen) atoms. The minimum absolute atomic E-state index is 0.0651. The Bertz CT molecular complexity index is 541. The van der Waals surface area contributed by atoms with Gasteiger partial charge < -0.3 is 10.2 Å². The Morgan fingerprint density at radius 1 is 1.09 bits per heavy atom. The van der Waals surface area contributed by atoms with E-state index in [0.717, 1.165) is 38.5 Å². The van der Waals surface area contributed by atoms with Crippen molar-refractivity contribution in [2.45, 2.75) is 70.5 Å². The third kappa shape index (κ3) is 1.67. The van der Waals surface area contributed by atoms with Crippen molar-refractivity contribution in [1.82, 2.24) is 0 Å². The Labute approximate surface area is 132 Å². The molecule has 0 bridgehead atoms. The van der Waals surface area contributed by atoms with E-state index in [-0.39, 0.29) is 29.1 Å². The van der Waals surface area contributed by atoms with Crippen molar-refractivity contribution in [3.8, 4) is 0 Å². The quantitative estimate of drug-likeness (QED) is 0.723. The third-order valence-corrected chi connectivity index (χ3v) is 8.13. The molecule has 0 aliphatic heterocycles. The highest BCUT2D eigenvalue weighted by Gasteiger charge is 2.63. The van der Waals surface area contributed by atoms with E-state index in [4.69, 9.17) is 0 Å². The Morgan fingerprint density at radius 2 is 1.86 bits per heavy atom. The largest absolute Gasteiger partial charge is 0.393 e. The summed E-state index contributed by atoms with van der Waals surface area (Å²) in [5, 5.41) is 21.6. The number of carbonyl (C=O) groups excluding carboxylic acids is 1. The molecule has 4 rings (SSSR count). The average Bonchev–Trinajstić information content (AvgIpc) is 2.76. The molecule has 3 saturated carbocycles. The lowest BCUT2D eigenvalue weighted by Crippen LogP contribution is -2.61. The first kappa shape index (κ1) is 14.9. The summed E-state index contributed by atoms with van der Waals surface area (Å²) in [4.78, 5) is 11.8. The number of rotatable bonds is 0. The van der Waals surface area contributed by atoms with Gasteiger partial charge in [0.1, 0.15) is 0 Å². The van der Waals surface area contributed by atoms with Crippen LogP contribution in [0.5, 0.6) is 0 Å². The first-order valence-electron chi connectivity index (χ1n) is 8.93. The van der Waals surface area contributed by atoms with Crippen LogP contribution in [-0.4, -0.2) is 27.7 Å². The molecule has 122 valence electrons. The summed E-state index contributed by atoms with van der Waals surface area (Å²) in [6.45, 7) is 4.44. The standard InChI is InChI=1S/C19H28O3/c1-17-8-7-15-13(14(17)3-4-16(17)21)6-10-19(22)11-12(20)5-9-18(15,19)2/h5,9,13-16,21-22H,3-4,6-8,10-11H2,1-2H3/t13-,14-,15-,16-,17-,18+,19+/m0/s1. The molecule has 0 heterocycles. The number of hydrogen-bond acceptors (Lipinski definition) is 3. The van der Waals surface area contributed by atoms with Gasteiger partial charge in [-0.25, -0.2) is 0 Å². The number of fused-ring (bicyclic) bond motifs is 5. The van der Waals surface area contributed by atoms with Crippen molar-refractivity contribution in [3.05, 3.63) is 12.2 Å². The van der Waals surface area contributed by atoms with Crippen LogP contribution >= 0.6 is 0 Å². The molecule has 0 aromatic carbocycles. The van der Waals surface area contributed by atoms with E-state index in [0.29, 0.717) is 17.8 Å². The number of ketones is 1. The topological polar surface area (TPSA) is 57.5 Å². The summed E-state index contributed by atoms with van der Waals surface area (Å²) in [5.74, 6) is 1.67. The number of allylic oxidation sites excluding steroid dienone is 1. The maximum absolute atomic E-state index is 11.8. The summed E-state index contributed by atoms with van der Waals surface area (Å²) in [5.41, 5.74) is -1.06. The molecule has 3 nitrogen and oxygen atoms in total. The zero-order valence-corrected chi connectivity index (χ0v) is 13.7. The Morgan fingerprint density at radius 3 is 2.64 bits per heavy atom. The molecule has 0 aromatic rings. The highest BCUT2D eigenvalue weighted by molar-refractivity contribution is 5.92. The molecular weight excluding hydrogens is 276 g/mol. The third-order valence-electron chi connectivity index (χ3n) is 8.13. The van der Waals surface area contributed by atoms with Gasteiger partial charge in [-0.1, -0.05) is 19.9 Å². The maximum atomic E-state index is 11.8. The Hall–Kier alpha value is -0.670. The van der Waals surface area contributed by atoms with E-state index in [2.05, 4.69) is 13.8 Å². The lowest BCUT2D eigenvalue weighted by Gasteiger charge is -2.61. The lowest BCUT2D eigenvalue weighted by molar-refractivity contribution is -0.176. The number of aliphatic hydroxyl groups excluding tert-OH is 1.